The zero-order valence-electron chi connectivity index (χ0n) is 11.4. The molecule has 0 saturated heterocycles. The van der Waals surface area contributed by atoms with Crippen molar-refractivity contribution in [2.24, 2.45) is 23.3 Å². The molecule has 0 aromatic carbocycles. The van der Waals surface area contributed by atoms with Gasteiger partial charge >= 0.3 is 11.8 Å². The van der Waals surface area contributed by atoms with Crippen LogP contribution in [0.3, 0.4) is 0 Å². The highest BCUT2D eigenvalue weighted by Gasteiger charge is 2.30. The maximum absolute atomic E-state index is 11.7. The number of nitrogens with two attached hydrogens (primary N) is 2. The Morgan fingerprint density at radius 2 is 1.37 bits per heavy atom. The molecule has 0 aromatic heterocycles. The first kappa shape index (κ1) is 15.7. The van der Waals surface area contributed by atoms with Crippen LogP contribution in [0.25, 0.3) is 0 Å². The molecular formula is C14H24N2O3. The molecule has 2 amide bonds. The predicted molar refractivity (Wildman–Crippen MR) is 71.9 cm³/mol. The second-order valence-corrected chi connectivity index (χ2v) is 5.45. The van der Waals surface area contributed by atoms with Crippen LogP contribution in [-0.4, -0.2) is 17.6 Å². The van der Waals surface area contributed by atoms with Crippen molar-refractivity contribution in [3.05, 3.63) is 0 Å². The van der Waals surface area contributed by atoms with Gasteiger partial charge in [-0.05, 0) is 31.6 Å². The number of amides is 2. The van der Waals surface area contributed by atoms with Crippen molar-refractivity contribution in [2.75, 3.05) is 0 Å². The molecule has 2 aliphatic rings. The van der Waals surface area contributed by atoms with Gasteiger partial charge in [0.15, 0.2) is 0 Å². The molecule has 0 heterocycles. The van der Waals surface area contributed by atoms with Gasteiger partial charge in [-0.25, -0.2) is 0 Å². The lowest BCUT2D eigenvalue weighted by Crippen LogP contribution is -2.29. The van der Waals surface area contributed by atoms with E-state index in [4.69, 9.17) is 0 Å². The molecule has 2 aliphatic carbocycles. The van der Waals surface area contributed by atoms with E-state index < -0.39 is 11.8 Å². The summed E-state index contributed by atoms with van der Waals surface area (Å²) in [5.41, 5.74) is 8.64. The molecule has 2 saturated carbocycles. The first-order valence-electron chi connectivity index (χ1n) is 7.14. The molecular weight excluding hydrogens is 244 g/mol. The first-order chi connectivity index (χ1) is 9.02. The van der Waals surface area contributed by atoms with E-state index in [1.807, 2.05) is 0 Å². The van der Waals surface area contributed by atoms with Crippen LogP contribution in [-0.2, 0) is 14.4 Å². The molecule has 0 radical (unpaired) electrons. The minimum absolute atomic E-state index is 0.467. The average molecular weight is 268 g/mol. The Morgan fingerprint density at radius 3 is 1.84 bits per heavy atom. The molecule has 5 nitrogen and oxygen atoms in total. The van der Waals surface area contributed by atoms with Crippen LogP contribution in [0.15, 0.2) is 0 Å². The van der Waals surface area contributed by atoms with E-state index in [2.05, 4.69) is 11.5 Å². The summed E-state index contributed by atoms with van der Waals surface area (Å²) in [7, 11) is 0. The second kappa shape index (κ2) is 7.92. The number of carbonyl (C=O) groups is 3. The lowest BCUT2D eigenvalue weighted by Gasteiger charge is -2.31. The predicted octanol–water partition coefficient (Wildman–Crippen LogP) is 1.28. The number of hydrogen-bond acceptors (Lipinski definition) is 3. The normalized spacial score (nSPS) is 24.2. The monoisotopic (exact) mass is 268 g/mol. The summed E-state index contributed by atoms with van der Waals surface area (Å²) in [6.45, 7) is 0. The van der Waals surface area contributed by atoms with Crippen LogP contribution in [0.4, 0.5) is 0 Å². The molecule has 2 fully saturated rings. The third-order valence-electron chi connectivity index (χ3n) is 4.06. The quantitative estimate of drug-likeness (QED) is 0.700. The number of carbonyl (C=O) groups excluding carboxylic acids is 3. The van der Waals surface area contributed by atoms with Gasteiger partial charge in [-0.3, -0.25) is 14.4 Å². The van der Waals surface area contributed by atoms with Crippen molar-refractivity contribution >= 4 is 17.6 Å². The Morgan fingerprint density at radius 1 is 0.842 bits per heavy atom. The minimum atomic E-state index is -1.10. The third-order valence-corrected chi connectivity index (χ3v) is 4.06. The molecule has 1 unspecified atom stereocenters. The van der Waals surface area contributed by atoms with Gasteiger partial charge in [0, 0.05) is 12.3 Å². The minimum Gasteiger partial charge on any atom is -0.361 e. The van der Waals surface area contributed by atoms with Crippen LogP contribution >= 0.6 is 0 Å². The van der Waals surface area contributed by atoms with Gasteiger partial charge < -0.3 is 11.5 Å². The molecule has 5 heteroatoms. The summed E-state index contributed by atoms with van der Waals surface area (Å²) in [6, 6.07) is 0. The zero-order chi connectivity index (χ0) is 14.3. The van der Waals surface area contributed by atoms with E-state index in [9.17, 15) is 14.4 Å². The van der Waals surface area contributed by atoms with Crippen molar-refractivity contribution < 1.29 is 14.4 Å². The third kappa shape index (κ3) is 5.41. The summed E-state index contributed by atoms with van der Waals surface area (Å²) in [5.74, 6) is -0.390. The highest BCUT2D eigenvalue weighted by Crippen LogP contribution is 2.36. The van der Waals surface area contributed by atoms with E-state index in [0.29, 0.717) is 11.7 Å². The van der Waals surface area contributed by atoms with Gasteiger partial charge in [-0.2, -0.15) is 0 Å². The molecule has 19 heavy (non-hydrogen) atoms. The number of primary amides is 2. The molecule has 108 valence electrons. The summed E-state index contributed by atoms with van der Waals surface area (Å²) in [4.78, 5) is 30.6. The zero-order valence-corrected chi connectivity index (χ0v) is 11.4. The maximum Gasteiger partial charge on any atom is 0.306 e. The highest BCUT2D eigenvalue weighted by molar-refractivity contribution is 6.33. The van der Waals surface area contributed by atoms with E-state index in [1.54, 1.807) is 0 Å². The summed E-state index contributed by atoms with van der Waals surface area (Å²) in [6.07, 6.45) is 11.3. The van der Waals surface area contributed by atoms with Crippen molar-refractivity contribution in [3.63, 3.8) is 0 Å². The van der Waals surface area contributed by atoms with Crippen LogP contribution in [0.5, 0.6) is 0 Å². The van der Waals surface area contributed by atoms with E-state index in [-0.39, 0.29) is 0 Å². The highest BCUT2D eigenvalue weighted by atomic mass is 16.2. The Hall–Kier alpha value is -1.39. The Kier molecular flexibility index (Phi) is 6.53. The molecule has 2 rings (SSSR count). The fourth-order valence-corrected chi connectivity index (χ4v) is 3.04. The molecule has 4 N–H and O–H groups in total. The van der Waals surface area contributed by atoms with Crippen molar-refractivity contribution in [1.82, 2.24) is 0 Å². The van der Waals surface area contributed by atoms with E-state index in [0.717, 1.165) is 18.8 Å². The molecule has 1 atom stereocenters. The van der Waals surface area contributed by atoms with Gasteiger partial charge in [-0.1, -0.05) is 25.7 Å². The number of rotatable bonds is 1. The van der Waals surface area contributed by atoms with Crippen molar-refractivity contribution in [2.45, 2.75) is 57.8 Å². The fourth-order valence-electron chi connectivity index (χ4n) is 3.04. The van der Waals surface area contributed by atoms with Gasteiger partial charge in [0.2, 0.25) is 0 Å². The smallest absolute Gasteiger partial charge is 0.306 e. The van der Waals surface area contributed by atoms with Crippen molar-refractivity contribution in [3.8, 4) is 0 Å². The maximum atomic E-state index is 11.7. The summed E-state index contributed by atoms with van der Waals surface area (Å²) < 4.78 is 0. The molecule has 0 aromatic rings. The topological polar surface area (TPSA) is 103 Å². The van der Waals surface area contributed by atoms with E-state index >= 15 is 0 Å². The van der Waals surface area contributed by atoms with Crippen molar-refractivity contribution in [1.29, 1.82) is 0 Å². The Bertz CT molecular complexity index is 324. The van der Waals surface area contributed by atoms with E-state index in [1.165, 1.54) is 44.9 Å². The van der Waals surface area contributed by atoms with Gasteiger partial charge in [0.25, 0.3) is 0 Å². The molecule has 0 spiro atoms. The fraction of sp³-hybridized carbons (Fsp3) is 0.786. The number of ketones is 1. The van der Waals surface area contributed by atoms with Gasteiger partial charge in [0.05, 0.1) is 0 Å². The molecule has 0 bridgehead atoms. The largest absolute Gasteiger partial charge is 0.361 e. The number of Topliss-reactive ketones (excluding diaryl/α,β-unsaturated/α-hetero) is 1. The Balaban J connectivity index is 0.000000258. The van der Waals surface area contributed by atoms with Crippen LogP contribution in [0, 0.1) is 11.8 Å². The summed E-state index contributed by atoms with van der Waals surface area (Å²) >= 11 is 0. The standard InChI is InChI=1S/C12H20O.C2H4N2O2/c13-12-9-5-4-8-11(12)10-6-2-1-3-7-10;3-1(5)2(4)6/h10-11H,1-9H2;(H2,3,5)(H2,4,6). The lowest BCUT2D eigenvalue weighted by molar-refractivity contribution is -0.135. The first-order valence-corrected chi connectivity index (χ1v) is 7.14. The molecule has 0 aliphatic heterocycles. The van der Waals surface area contributed by atoms with Gasteiger partial charge in [0.1, 0.15) is 5.78 Å². The van der Waals surface area contributed by atoms with Crippen LogP contribution < -0.4 is 11.5 Å². The van der Waals surface area contributed by atoms with Crippen LogP contribution in [0.1, 0.15) is 57.8 Å². The second-order valence-electron chi connectivity index (χ2n) is 5.45. The average Bonchev–Trinajstić information content (AvgIpc) is 2.41. The Labute approximate surface area is 114 Å². The lowest BCUT2D eigenvalue weighted by atomic mass is 9.73. The van der Waals surface area contributed by atoms with Crippen LogP contribution in [0.2, 0.25) is 0 Å². The summed E-state index contributed by atoms with van der Waals surface area (Å²) in [5, 5.41) is 0. The van der Waals surface area contributed by atoms with Gasteiger partial charge in [-0.15, -0.1) is 0 Å². The number of hydrogen-bond donors (Lipinski definition) is 2. The SMILES string of the molecule is NC(=O)C(N)=O.O=C1CCCCC1C1CCCCC1.